The van der Waals surface area contributed by atoms with Crippen molar-refractivity contribution < 1.29 is 9.53 Å². The fourth-order valence-corrected chi connectivity index (χ4v) is 1.60. The molecule has 2 unspecified atom stereocenters. The lowest BCUT2D eigenvalue weighted by Crippen LogP contribution is -2.50. The Morgan fingerprint density at radius 1 is 1.35 bits per heavy atom. The van der Waals surface area contributed by atoms with Crippen LogP contribution in [0, 0.1) is 0 Å². The molecule has 2 atom stereocenters. The molecule has 5 nitrogen and oxygen atoms in total. The summed E-state index contributed by atoms with van der Waals surface area (Å²) < 4.78 is 4.98. The van der Waals surface area contributed by atoms with Gasteiger partial charge in [-0.1, -0.05) is 6.92 Å². The van der Waals surface area contributed by atoms with Crippen molar-refractivity contribution in [1.29, 1.82) is 0 Å². The average Bonchev–Trinajstić information content (AvgIpc) is 2.25. The van der Waals surface area contributed by atoms with Crippen LogP contribution in [-0.2, 0) is 9.53 Å². The highest BCUT2D eigenvalue weighted by Crippen LogP contribution is 1.86. The average molecular weight is 261 g/mol. The van der Waals surface area contributed by atoms with Crippen molar-refractivity contribution in [2.75, 3.05) is 20.3 Å². The fraction of sp³-hybridized carbons (Fsp3) is 0.818. The zero-order valence-electron chi connectivity index (χ0n) is 11.0. The molecule has 0 aromatic carbocycles. The van der Waals surface area contributed by atoms with E-state index in [1.165, 1.54) is 0 Å². The van der Waals surface area contributed by atoms with E-state index in [1.807, 2.05) is 13.8 Å². The van der Waals surface area contributed by atoms with E-state index in [0.29, 0.717) is 18.3 Å². The van der Waals surface area contributed by atoms with E-state index in [2.05, 4.69) is 16.0 Å². The molecule has 3 N–H and O–H groups in total. The molecule has 0 aromatic rings. The van der Waals surface area contributed by atoms with Gasteiger partial charge in [-0.15, -0.1) is 0 Å². The van der Waals surface area contributed by atoms with Crippen molar-refractivity contribution in [3.8, 4) is 0 Å². The van der Waals surface area contributed by atoms with Crippen molar-refractivity contribution in [2.24, 2.45) is 0 Å². The van der Waals surface area contributed by atoms with Crippen LogP contribution < -0.4 is 16.0 Å². The summed E-state index contributed by atoms with van der Waals surface area (Å²) in [5, 5.41) is 9.24. The van der Waals surface area contributed by atoms with E-state index in [-0.39, 0.29) is 18.0 Å². The van der Waals surface area contributed by atoms with Gasteiger partial charge in [0.2, 0.25) is 5.91 Å². The Hall–Kier alpha value is -0.880. The third kappa shape index (κ3) is 7.93. The van der Waals surface area contributed by atoms with E-state index in [9.17, 15) is 4.79 Å². The summed E-state index contributed by atoms with van der Waals surface area (Å²) >= 11 is 5.09. The maximum absolute atomic E-state index is 11.6. The summed E-state index contributed by atoms with van der Waals surface area (Å²) in [5.74, 6) is -0.0459. The summed E-state index contributed by atoms with van der Waals surface area (Å²) in [6.07, 6.45) is 0.923. The maximum atomic E-state index is 11.6. The smallest absolute Gasteiger partial charge is 0.242 e. The minimum atomic E-state index is -0.337. The highest BCUT2D eigenvalue weighted by molar-refractivity contribution is 7.80. The van der Waals surface area contributed by atoms with Crippen LogP contribution in [0.1, 0.15) is 27.2 Å². The number of methoxy groups -OCH3 is 1. The van der Waals surface area contributed by atoms with Gasteiger partial charge in [0.1, 0.15) is 6.04 Å². The molecule has 0 fully saturated rings. The largest absolute Gasteiger partial charge is 0.383 e. The first-order valence-electron chi connectivity index (χ1n) is 5.84. The predicted molar refractivity (Wildman–Crippen MR) is 73.0 cm³/mol. The standard InChI is InChI=1S/C11H23N3O2S/c1-5-6-12-10(15)9(3)14-11(17)13-8(2)7-16-4/h8-9H,5-7H2,1-4H3,(H,12,15)(H2,13,14,17). The number of carbonyl (C=O) groups excluding carboxylic acids is 1. The number of ether oxygens (including phenoxy) is 1. The fourth-order valence-electron chi connectivity index (χ4n) is 1.22. The second kappa shape index (κ2) is 9.18. The van der Waals surface area contributed by atoms with Crippen LogP contribution >= 0.6 is 12.2 Å². The summed E-state index contributed by atoms with van der Waals surface area (Å²) in [6.45, 7) is 7.00. The number of carbonyl (C=O) groups is 1. The van der Waals surface area contributed by atoms with Crippen molar-refractivity contribution in [3.63, 3.8) is 0 Å². The Bertz CT molecular complexity index is 249. The molecular weight excluding hydrogens is 238 g/mol. The Labute approximate surface area is 109 Å². The molecule has 0 rings (SSSR count). The van der Waals surface area contributed by atoms with Gasteiger partial charge in [-0.25, -0.2) is 0 Å². The normalized spacial score (nSPS) is 13.6. The maximum Gasteiger partial charge on any atom is 0.242 e. The first-order valence-corrected chi connectivity index (χ1v) is 6.25. The Morgan fingerprint density at radius 3 is 2.53 bits per heavy atom. The lowest BCUT2D eigenvalue weighted by atomic mass is 10.3. The van der Waals surface area contributed by atoms with E-state index in [1.54, 1.807) is 14.0 Å². The highest BCUT2D eigenvalue weighted by atomic mass is 32.1. The van der Waals surface area contributed by atoms with E-state index in [4.69, 9.17) is 17.0 Å². The highest BCUT2D eigenvalue weighted by Gasteiger charge is 2.13. The van der Waals surface area contributed by atoms with Gasteiger partial charge in [-0.05, 0) is 32.5 Å². The molecule has 0 saturated heterocycles. The number of hydrogen-bond acceptors (Lipinski definition) is 3. The van der Waals surface area contributed by atoms with Gasteiger partial charge in [-0.2, -0.15) is 0 Å². The SMILES string of the molecule is CCCNC(=O)C(C)NC(=S)NC(C)COC. The van der Waals surface area contributed by atoms with Gasteiger partial charge in [0, 0.05) is 19.7 Å². The lowest BCUT2D eigenvalue weighted by Gasteiger charge is -2.19. The zero-order chi connectivity index (χ0) is 13.3. The molecule has 17 heavy (non-hydrogen) atoms. The minimum absolute atomic E-state index is 0.0459. The second-order valence-electron chi connectivity index (χ2n) is 3.99. The van der Waals surface area contributed by atoms with E-state index < -0.39 is 0 Å². The monoisotopic (exact) mass is 261 g/mol. The molecule has 100 valence electrons. The summed E-state index contributed by atoms with van der Waals surface area (Å²) in [5.41, 5.74) is 0. The Balaban J connectivity index is 3.90. The molecule has 0 bridgehead atoms. The van der Waals surface area contributed by atoms with Crippen molar-refractivity contribution in [1.82, 2.24) is 16.0 Å². The molecule has 6 heteroatoms. The van der Waals surface area contributed by atoms with Crippen molar-refractivity contribution in [2.45, 2.75) is 39.3 Å². The molecule has 0 saturated carbocycles. The van der Waals surface area contributed by atoms with Gasteiger partial charge in [-0.3, -0.25) is 4.79 Å². The molecule has 0 aromatic heterocycles. The third-order valence-corrected chi connectivity index (χ3v) is 2.32. The number of amides is 1. The van der Waals surface area contributed by atoms with Crippen LogP contribution in [0.15, 0.2) is 0 Å². The van der Waals surface area contributed by atoms with Crippen LogP contribution in [0.4, 0.5) is 0 Å². The molecule has 0 spiro atoms. The van der Waals surface area contributed by atoms with Crippen LogP contribution in [0.25, 0.3) is 0 Å². The Kier molecular flexibility index (Phi) is 8.71. The molecule has 0 heterocycles. The molecule has 0 aliphatic heterocycles. The van der Waals surface area contributed by atoms with Crippen molar-refractivity contribution in [3.05, 3.63) is 0 Å². The van der Waals surface area contributed by atoms with Gasteiger partial charge < -0.3 is 20.7 Å². The number of hydrogen-bond donors (Lipinski definition) is 3. The number of thiocarbonyl (C=S) groups is 1. The predicted octanol–water partition coefficient (Wildman–Crippen LogP) is 0.400. The van der Waals surface area contributed by atoms with Gasteiger partial charge in [0.15, 0.2) is 5.11 Å². The van der Waals surface area contributed by atoms with Crippen LogP contribution in [0.3, 0.4) is 0 Å². The van der Waals surface area contributed by atoms with Crippen LogP contribution in [-0.4, -0.2) is 43.4 Å². The van der Waals surface area contributed by atoms with Crippen molar-refractivity contribution >= 4 is 23.2 Å². The summed E-state index contributed by atoms with van der Waals surface area (Å²) in [6, 6.07) is -0.220. The molecule has 0 radical (unpaired) electrons. The van der Waals surface area contributed by atoms with Gasteiger partial charge in [0.25, 0.3) is 0 Å². The van der Waals surface area contributed by atoms with E-state index in [0.717, 1.165) is 6.42 Å². The summed E-state index contributed by atoms with van der Waals surface area (Å²) in [7, 11) is 1.63. The lowest BCUT2D eigenvalue weighted by molar-refractivity contribution is -0.122. The minimum Gasteiger partial charge on any atom is -0.383 e. The number of rotatable bonds is 7. The first kappa shape index (κ1) is 16.1. The van der Waals surface area contributed by atoms with E-state index >= 15 is 0 Å². The molecule has 1 amide bonds. The quantitative estimate of drug-likeness (QED) is 0.579. The first-order chi connectivity index (χ1) is 8.01. The van der Waals surface area contributed by atoms with Crippen LogP contribution in [0.5, 0.6) is 0 Å². The summed E-state index contributed by atoms with van der Waals surface area (Å²) in [4.78, 5) is 11.6. The van der Waals surface area contributed by atoms with Gasteiger partial charge in [0.05, 0.1) is 6.61 Å². The third-order valence-electron chi connectivity index (χ3n) is 2.08. The molecular formula is C11H23N3O2S. The second-order valence-corrected chi connectivity index (χ2v) is 4.40. The Morgan fingerprint density at radius 2 is 2.00 bits per heavy atom. The zero-order valence-corrected chi connectivity index (χ0v) is 11.8. The number of nitrogens with one attached hydrogen (secondary N) is 3. The topological polar surface area (TPSA) is 62.4 Å². The van der Waals surface area contributed by atoms with Crippen LogP contribution in [0.2, 0.25) is 0 Å². The molecule has 0 aliphatic carbocycles. The molecule has 0 aliphatic rings. The van der Waals surface area contributed by atoms with Gasteiger partial charge >= 0.3 is 0 Å².